The number of thioether (sulfide) groups is 1. The van der Waals surface area contributed by atoms with Crippen LogP contribution < -0.4 is 10.4 Å². The number of hydrogen-bond acceptors (Lipinski definition) is 5. The highest BCUT2D eigenvalue weighted by atomic mass is 32.2. The highest BCUT2D eigenvalue weighted by Crippen LogP contribution is 2.19. The predicted molar refractivity (Wildman–Crippen MR) is 105 cm³/mol. The van der Waals surface area contributed by atoms with E-state index in [0.717, 1.165) is 16.4 Å². The van der Waals surface area contributed by atoms with E-state index in [9.17, 15) is 9.59 Å². The minimum absolute atomic E-state index is 0.00526. The number of hydrogen-bond donors (Lipinski definition) is 0. The zero-order chi connectivity index (χ0) is 18.0. The van der Waals surface area contributed by atoms with Crippen molar-refractivity contribution in [3.05, 3.63) is 55.4 Å². The van der Waals surface area contributed by atoms with Gasteiger partial charge in [-0.1, -0.05) is 49.1 Å². The SMILES string of the molecule is Cc1csc(=O)n1CCSc1nc2ccccc2c(=O)n1CC(C)C. The molecule has 2 aromatic heterocycles. The van der Waals surface area contributed by atoms with Crippen LogP contribution in [0, 0.1) is 12.8 Å². The van der Waals surface area contributed by atoms with Crippen molar-refractivity contribution in [2.75, 3.05) is 5.75 Å². The molecule has 132 valence electrons. The zero-order valence-corrected chi connectivity index (χ0v) is 16.2. The van der Waals surface area contributed by atoms with E-state index >= 15 is 0 Å². The van der Waals surface area contributed by atoms with Crippen molar-refractivity contribution in [2.24, 2.45) is 5.92 Å². The Hall–Kier alpha value is -1.86. The molecular weight excluding hydrogens is 354 g/mol. The van der Waals surface area contributed by atoms with Crippen molar-refractivity contribution >= 4 is 34.0 Å². The molecule has 0 aliphatic rings. The summed E-state index contributed by atoms with van der Waals surface area (Å²) in [5, 5.41) is 3.24. The van der Waals surface area contributed by atoms with E-state index in [1.54, 1.807) is 9.13 Å². The van der Waals surface area contributed by atoms with Gasteiger partial charge in [0.15, 0.2) is 5.16 Å². The van der Waals surface area contributed by atoms with Crippen LogP contribution in [0.25, 0.3) is 10.9 Å². The molecule has 7 heteroatoms. The molecule has 2 heterocycles. The number of aryl methyl sites for hydroxylation is 1. The average molecular weight is 376 g/mol. The first-order chi connectivity index (χ1) is 12.0. The highest BCUT2D eigenvalue weighted by molar-refractivity contribution is 7.99. The minimum atomic E-state index is 0.00526. The van der Waals surface area contributed by atoms with E-state index in [2.05, 4.69) is 13.8 Å². The van der Waals surface area contributed by atoms with Gasteiger partial charge in [-0.3, -0.25) is 14.2 Å². The molecule has 0 aliphatic carbocycles. The van der Waals surface area contributed by atoms with Gasteiger partial charge in [-0.2, -0.15) is 0 Å². The third-order valence-electron chi connectivity index (χ3n) is 3.90. The zero-order valence-electron chi connectivity index (χ0n) is 14.6. The Morgan fingerprint density at radius 1 is 1.20 bits per heavy atom. The monoisotopic (exact) mass is 375 g/mol. The van der Waals surface area contributed by atoms with E-state index in [1.807, 2.05) is 36.6 Å². The van der Waals surface area contributed by atoms with Gasteiger partial charge in [0.25, 0.3) is 5.56 Å². The average Bonchev–Trinajstić information content (AvgIpc) is 2.90. The molecule has 0 N–H and O–H groups in total. The van der Waals surface area contributed by atoms with Crippen LogP contribution in [0.4, 0.5) is 0 Å². The van der Waals surface area contributed by atoms with Gasteiger partial charge in [0.05, 0.1) is 10.9 Å². The van der Waals surface area contributed by atoms with E-state index in [4.69, 9.17) is 4.98 Å². The molecule has 0 unspecified atom stereocenters. The van der Waals surface area contributed by atoms with Gasteiger partial charge in [-0.05, 0) is 25.0 Å². The van der Waals surface area contributed by atoms with Gasteiger partial charge in [-0.15, -0.1) is 0 Å². The number of aromatic nitrogens is 3. The van der Waals surface area contributed by atoms with Gasteiger partial charge in [0.2, 0.25) is 0 Å². The summed E-state index contributed by atoms with van der Waals surface area (Å²) in [4.78, 5) is 29.4. The summed E-state index contributed by atoms with van der Waals surface area (Å²) >= 11 is 2.75. The van der Waals surface area contributed by atoms with Crippen LogP contribution in [0.15, 0.2) is 44.4 Å². The summed E-state index contributed by atoms with van der Waals surface area (Å²) in [5.74, 6) is 1.04. The standard InChI is InChI=1S/C18H21N3O2S2/c1-12(2)10-21-16(22)14-6-4-5-7-15(14)19-17(21)24-9-8-20-13(3)11-25-18(20)23/h4-7,11-12H,8-10H2,1-3H3. The van der Waals surface area contributed by atoms with Crippen molar-refractivity contribution < 1.29 is 0 Å². The molecule has 25 heavy (non-hydrogen) atoms. The van der Waals surface area contributed by atoms with Crippen LogP contribution in [0.3, 0.4) is 0 Å². The molecule has 0 aliphatic heterocycles. The lowest BCUT2D eigenvalue weighted by Gasteiger charge is -2.15. The smallest absolute Gasteiger partial charge is 0.303 e. The number of benzene rings is 1. The molecule has 0 fully saturated rings. The molecule has 0 radical (unpaired) electrons. The molecule has 5 nitrogen and oxygen atoms in total. The van der Waals surface area contributed by atoms with E-state index in [-0.39, 0.29) is 10.4 Å². The Morgan fingerprint density at radius 2 is 1.96 bits per heavy atom. The third-order valence-corrected chi connectivity index (χ3v) is 5.73. The Labute approximate surface area is 154 Å². The van der Waals surface area contributed by atoms with Crippen molar-refractivity contribution in [2.45, 2.75) is 39.0 Å². The van der Waals surface area contributed by atoms with Crippen molar-refractivity contribution in [3.8, 4) is 0 Å². The molecule has 1 aromatic carbocycles. The van der Waals surface area contributed by atoms with Crippen molar-refractivity contribution in [3.63, 3.8) is 0 Å². The second kappa shape index (κ2) is 7.58. The fraction of sp³-hybridized carbons (Fsp3) is 0.389. The number of thiazole rings is 1. The number of fused-ring (bicyclic) bond motifs is 1. The van der Waals surface area contributed by atoms with Crippen LogP contribution in [0.2, 0.25) is 0 Å². The molecular formula is C18H21N3O2S2. The number of nitrogens with zero attached hydrogens (tertiary/aromatic N) is 3. The fourth-order valence-corrected chi connectivity index (χ4v) is 4.38. The Balaban J connectivity index is 1.91. The molecule has 0 amide bonds. The topological polar surface area (TPSA) is 56.9 Å². The lowest BCUT2D eigenvalue weighted by molar-refractivity contribution is 0.475. The van der Waals surface area contributed by atoms with E-state index < -0.39 is 0 Å². The highest BCUT2D eigenvalue weighted by Gasteiger charge is 2.13. The third kappa shape index (κ3) is 3.88. The largest absolute Gasteiger partial charge is 0.307 e. The van der Waals surface area contributed by atoms with Gasteiger partial charge in [0.1, 0.15) is 0 Å². The first-order valence-electron chi connectivity index (χ1n) is 8.24. The van der Waals surface area contributed by atoms with Crippen LogP contribution in [-0.4, -0.2) is 19.9 Å². The summed E-state index contributed by atoms with van der Waals surface area (Å²) in [7, 11) is 0. The van der Waals surface area contributed by atoms with Crippen LogP contribution in [-0.2, 0) is 13.1 Å². The maximum atomic E-state index is 12.8. The first-order valence-corrected chi connectivity index (χ1v) is 10.1. The second-order valence-electron chi connectivity index (χ2n) is 6.36. The van der Waals surface area contributed by atoms with Crippen molar-refractivity contribution in [1.29, 1.82) is 0 Å². The summed E-state index contributed by atoms with van der Waals surface area (Å²) < 4.78 is 3.53. The Morgan fingerprint density at radius 3 is 2.64 bits per heavy atom. The first kappa shape index (κ1) is 17.9. The molecule has 0 atom stereocenters. The van der Waals surface area contributed by atoms with Crippen LogP contribution >= 0.6 is 23.1 Å². The second-order valence-corrected chi connectivity index (χ2v) is 8.25. The van der Waals surface area contributed by atoms with E-state index in [0.29, 0.717) is 30.1 Å². The quantitative estimate of drug-likeness (QED) is 0.490. The van der Waals surface area contributed by atoms with Gasteiger partial charge in [0, 0.05) is 29.9 Å². The Kier molecular flexibility index (Phi) is 5.44. The normalized spacial score (nSPS) is 11.5. The summed E-state index contributed by atoms with van der Waals surface area (Å²) in [6.45, 7) is 7.36. The Bertz CT molecular complexity index is 1000. The summed E-state index contributed by atoms with van der Waals surface area (Å²) in [6, 6.07) is 7.45. The van der Waals surface area contributed by atoms with Gasteiger partial charge in [-0.25, -0.2) is 4.98 Å². The molecule has 0 bridgehead atoms. The molecule has 0 saturated carbocycles. The van der Waals surface area contributed by atoms with Crippen LogP contribution in [0.1, 0.15) is 19.5 Å². The summed E-state index contributed by atoms with van der Waals surface area (Å²) in [6.07, 6.45) is 0. The molecule has 0 spiro atoms. The van der Waals surface area contributed by atoms with Gasteiger partial charge >= 0.3 is 4.87 Å². The molecule has 0 saturated heterocycles. The fourth-order valence-electron chi connectivity index (χ4n) is 2.69. The molecule has 3 rings (SSSR count). The molecule has 3 aromatic rings. The maximum Gasteiger partial charge on any atom is 0.307 e. The lowest BCUT2D eigenvalue weighted by atomic mass is 10.2. The summed E-state index contributed by atoms with van der Waals surface area (Å²) in [5.41, 5.74) is 1.70. The van der Waals surface area contributed by atoms with E-state index in [1.165, 1.54) is 23.1 Å². The van der Waals surface area contributed by atoms with Gasteiger partial charge < -0.3 is 4.57 Å². The lowest BCUT2D eigenvalue weighted by Crippen LogP contribution is -2.25. The van der Waals surface area contributed by atoms with Crippen molar-refractivity contribution in [1.82, 2.24) is 14.1 Å². The maximum absolute atomic E-state index is 12.8. The number of para-hydroxylation sites is 1. The predicted octanol–water partition coefficient (Wildman–Crippen LogP) is 3.38. The van der Waals surface area contributed by atoms with Crippen LogP contribution in [0.5, 0.6) is 0 Å². The minimum Gasteiger partial charge on any atom is -0.303 e. The number of rotatable bonds is 6.